The van der Waals surface area contributed by atoms with E-state index in [1.165, 1.54) is 11.6 Å². The molecular formula is C20H24FNO. The Bertz CT molecular complexity index is 649. The summed E-state index contributed by atoms with van der Waals surface area (Å²) in [5.74, 6) is 0.628. The second-order valence-corrected chi connectivity index (χ2v) is 5.61. The first kappa shape index (κ1) is 17.1. The van der Waals surface area contributed by atoms with Crippen LogP contribution >= 0.6 is 0 Å². The molecule has 1 N–H and O–H groups in total. The van der Waals surface area contributed by atoms with E-state index in [1.54, 1.807) is 13.2 Å². The lowest BCUT2D eigenvalue weighted by molar-refractivity contribution is 0.415. The fourth-order valence-corrected chi connectivity index (χ4v) is 2.64. The zero-order valence-corrected chi connectivity index (χ0v) is 14.0. The molecule has 0 saturated heterocycles. The Morgan fingerprint density at radius 3 is 2.48 bits per heavy atom. The van der Waals surface area contributed by atoms with Crippen LogP contribution in [0, 0.1) is 5.82 Å². The summed E-state index contributed by atoms with van der Waals surface area (Å²) in [4.78, 5) is 0. The maximum atomic E-state index is 14.2. The lowest BCUT2D eigenvalue weighted by Crippen LogP contribution is -2.13. The number of benzene rings is 2. The SMILES string of the molecule is CC/C=C(\C)CC(Nc1ccc(OC)cc1)c1ccccc1F. The van der Waals surface area contributed by atoms with Crippen molar-refractivity contribution >= 4 is 5.69 Å². The molecule has 23 heavy (non-hydrogen) atoms. The first-order chi connectivity index (χ1) is 11.1. The molecule has 0 bridgehead atoms. The molecule has 0 fully saturated rings. The van der Waals surface area contributed by atoms with Crippen LogP contribution in [0.3, 0.4) is 0 Å². The summed E-state index contributed by atoms with van der Waals surface area (Å²) in [6.07, 6.45) is 3.93. The Morgan fingerprint density at radius 2 is 1.87 bits per heavy atom. The quantitative estimate of drug-likeness (QED) is 0.659. The highest BCUT2D eigenvalue weighted by molar-refractivity contribution is 5.48. The van der Waals surface area contributed by atoms with Gasteiger partial charge in [0.1, 0.15) is 11.6 Å². The molecule has 2 aromatic carbocycles. The molecule has 0 aromatic heterocycles. The average molecular weight is 313 g/mol. The number of rotatable bonds is 7. The molecule has 0 heterocycles. The highest BCUT2D eigenvalue weighted by Crippen LogP contribution is 2.28. The van der Waals surface area contributed by atoms with Crippen molar-refractivity contribution in [2.45, 2.75) is 32.7 Å². The molecule has 0 radical (unpaired) electrons. The van der Waals surface area contributed by atoms with Crippen LogP contribution in [-0.2, 0) is 0 Å². The van der Waals surface area contributed by atoms with Gasteiger partial charge in [-0.1, -0.05) is 36.8 Å². The standard InChI is InChI=1S/C20H24FNO/c1-4-7-15(2)14-20(18-8-5-6-9-19(18)21)22-16-10-12-17(23-3)13-11-16/h5-13,20,22H,4,14H2,1-3H3/b15-7+. The molecular weight excluding hydrogens is 289 g/mol. The highest BCUT2D eigenvalue weighted by atomic mass is 19.1. The van der Waals surface area contributed by atoms with E-state index in [4.69, 9.17) is 4.74 Å². The summed E-state index contributed by atoms with van der Waals surface area (Å²) < 4.78 is 19.4. The van der Waals surface area contributed by atoms with Crippen LogP contribution in [0.15, 0.2) is 60.2 Å². The van der Waals surface area contributed by atoms with Gasteiger partial charge < -0.3 is 10.1 Å². The monoisotopic (exact) mass is 313 g/mol. The molecule has 2 rings (SSSR count). The van der Waals surface area contributed by atoms with E-state index in [0.717, 1.165) is 24.3 Å². The predicted molar refractivity (Wildman–Crippen MR) is 94.4 cm³/mol. The van der Waals surface area contributed by atoms with Crippen molar-refractivity contribution in [1.29, 1.82) is 0 Å². The van der Waals surface area contributed by atoms with Crippen molar-refractivity contribution in [2.75, 3.05) is 12.4 Å². The zero-order valence-electron chi connectivity index (χ0n) is 14.0. The number of hydrogen-bond acceptors (Lipinski definition) is 2. The van der Waals surface area contributed by atoms with Crippen molar-refractivity contribution in [2.24, 2.45) is 0 Å². The van der Waals surface area contributed by atoms with Crippen LogP contribution < -0.4 is 10.1 Å². The van der Waals surface area contributed by atoms with Gasteiger partial charge in [-0.05, 0) is 50.1 Å². The van der Waals surface area contributed by atoms with E-state index in [0.29, 0.717) is 5.56 Å². The van der Waals surface area contributed by atoms with Gasteiger partial charge in [0.05, 0.1) is 13.2 Å². The molecule has 0 amide bonds. The van der Waals surface area contributed by atoms with Gasteiger partial charge in [-0.3, -0.25) is 0 Å². The molecule has 0 spiro atoms. The number of ether oxygens (including phenoxy) is 1. The van der Waals surface area contributed by atoms with Gasteiger partial charge in [-0.25, -0.2) is 4.39 Å². The fourth-order valence-electron chi connectivity index (χ4n) is 2.64. The minimum absolute atomic E-state index is 0.104. The minimum atomic E-state index is -0.178. The summed E-state index contributed by atoms with van der Waals surface area (Å²) in [5.41, 5.74) is 2.89. The topological polar surface area (TPSA) is 21.3 Å². The molecule has 1 unspecified atom stereocenters. The van der Waals surface area contributed by atoms with Crippen LogP contribution in [0.4, 0.5) is 10.1 Å². The predicted octanol–water partition coefficient (Wildman–Crippen LogP) is 5.73. The Kier molecular flexibility index (Phi) is 6.21. The molecule has 122 valence electrons. The number of halogens is 1. The third kappa shape index (κ3) is 4.85. The first-order valence-electron chi connectivity index (χ1n) is 7.94. The van der Waals surface area contributed by atoms with Crippen molar-refractivity contribution in [3.63, 3.8) is 0 Å². The molecule has 2 aromatic rings. The Labute approximate surface area is 138 Å². The highest BCUT2D eigenvalue weighted by Gasteiger charge is 2.16. The second-order valence-electron chi connectivity index (χ2n) is 5.61. The van der Waals surface area contributed by atoms with E-state index in [2.05, 4.69) is 25.2 Å². The molecule has 1 atom stereocenters. The number of nitrogens with one attached hydrogen (secondary N) is 1. The smallest absolute Gasteiger partial charge is 0.128 e. The zero-order chi connectivity index (χ0) is 16.7. The number of anilines is 1. The van der Waals surface area contributed by atoms with Crippen LogP contribution in [0.2, 0.25) is 0 Å². The van der Waals surface area contributed by atoms with Gasteiger partial charge in [-0.2, -0.15) is 0 Å². The van der Waals surface area contributed by atoms with Gasteiger partial charge in [-0.15, -0.1) is 0 Å². The number of hydrogen-bond donors (Lipinski definition) is 1. The molecule has 0 aliphatic rings. The van der Waals surface area contributed by atoms with Gasteiger partial charge in [0.25, 0.3) is 0 Å². The van der Waals surface area contributed by atoms with Crippen molar-refractivity contribution in [3.05, 3.63) is 71.6 Å². The van der Waals surface area contributed by atoms with E-state index in [9.17, 15) is 4.39 Å². The fraction of sp³-hybridized carbons (Fsp3) is 0.300. The minimum Gasteiger partial charge on any atom is -0.497 e. The third-order valence-corrected chi connectivity index (χ3v) is 3.79. The maximum absolute atomic E-state index is 14.2. The van der Waals surface area contributed by atoms with Crippen LogP contribution in [0.1, 0.15) is 38.3 Å². The summed E-state index contributed by atoms with van der Waals surface area (Å²) in [6.45, 7) is 4.20. The van der Waals surface area contributed by atoms with Crippen LogP contribution in [-0.4, -0.2) is 7.11 Å². The lowest BCUT2D eigenvalue weighted by Gasteiger charge is -2.22. The van der Waals surface area contributed by atoms with Gasteiger partial charge in [0.15, 0.2) is 0 Å². The average Bonchev–Trinajstić information content (AvgIpc) is 2.55. The first-order valence-corrected chi connectivity index (χ1v) is 7.94. The summed E-state index contributed by atoms with van der Waals surface area (Å²) in [7, 11) is 1.64. The van der Waals surface area contributed by atoms with E-state index < -0.39 is 0 Å². The maximum Gasteiger partial charge on any atom is 0.128 e. The van der Waals surface area contributed by atoms with Gasteiger partial charge in [0.2, 0.25) is 0 Å². The van der Waals surface area contributed by atoms with E-state index in [-0.39, 0.29) is 11.9 Å². The normalized spacial score (nSPS) is 12.8. The third-order valence-electron chi connectivity index (χ3n) is 3.79. The lowest BCUT2D eigenvalue weighted by atomic mass is 9.98. The Morgan fingerprint density at radius 1 is 1.17 bits per heavy atom. The van der Waals surface area contributed by atoms with Crippen molar-refractivity contribution in [3.8, 4) is 5.75 Å². The molecule has 0 aliphatic heterocycles. The summed E-state index contributed by atoms with van der Waals surface area (Å²) in [5, 5.41) is 3.44. The summed E-state index contributed by atoms with van der Waals surface area (Å²) in [6, 6.07) is 14.5. The Balaban J connectivity index is 2.25. The molecule has 0 saturated carbocycles. The van der Waals surface area contributed by atoms with Crippen molar-refractivity contribution in [1.82, 2.24) is 0 Å². The number of methoxy groups -OCH3 is 1. The van der Waals surface area contributed by atoms with E-state index in [1.807, 2.05) is 36.4 Å². The van der Waals surface area contributed by atoms with E-state index >= 15 is 0 Å². The molecule has 0 aliphatic carbocycles. The number of allylic oxidation sites excluding steroid dienone is 1. The summed E-state index contributed by atoms with van der Waals surface area (Å²) >= 11 is 0. The molecule has 3 heteroatoms. The molecule has 2 nitrogen and oxygen atoms in total. The van der Waals surface area contributed by atoms with Crippen molar-refractivity contribution < 1.29 is 9.13 Å². The van der Waals surface area contributed by atoms with Crippen LogP contribution in [0.5, 0.6) is 5.75 Å². The largest absolute Gasteiger partial charge is 0.497 e. The van der Waals surface area contributed by atoms with Gasteiger partial charge >= 0.3 is 0 Å². The van der Waals surface area contributed by atoms with Crippen LogP contribution in [0.25, 0.3) is 0 Å². The Hall–Kier alpha value is -2.29. The second kappa shape index (κ2) is 8.37. The van der Waals surface area contributed by atoms with Gasteiger partial charge in [0, 0.05) is 11.3 Å².